The number of benzene rings is 1. The number of hydrogen-bond acceptors (Lipinski definition) is 7. The zero-order valence-electron chi connectivity index (χ0n) is 19.6. The van der Waals surface area contributed by atoms with E-state index in [-0.39, 0.29) is 29.8 Å². The molecule has 1 fully saturated rings. The second-order valence-corrected chi connectivity index (χ2v) is 8.67. The van der Waals surface area contributed by atoms with Crippen LogP contribution in [0.4, 0.5) is 4.39 Å². The average Bonchev–Trinajstić information content (AvgIpc) is 3.27. The third kappa shape index (κ3) is 5.14. The number of nitrogens with one attached hydrogen (secondary N) is 1. The van der Waals surface area contributed by atoms with Gasteiger partial charge in [0.25, 0.3) is 11.9 Å². The highest BCUT2D eigenvalue weighted by atomic mass is 19.1. The summed E-state index contributed by atoms with van der Waals surface area (Å²) in [6.07, 6.45) is 3.01. The standard InChI is InChI=1S/C24H29FN6O3/c1-24(2,30-10-12-34-13-11-30)16-27-22(32)18-14-28-31(21(18)15-33-3)23-26-9-8-20(29-23)17-6-4-5-7-19(17)25/h4-9,14H,10-13,15-16H2,1-3H3,(H,27,32). The van der Waals surface area contributed by atoms with Crippen LogP contribution in [-0.2, 0) is 16.1 Å². The number of ether oxygens (including phenoxy) is 2. The molecule has 0 radical (unpaired) electrons. The molecule has 1 saturated heterocycles. The molecule has 0 unspecified atom stereocenters. The molecule has 1 aliphatic heterocycles. The lowest BCUT2D eigenvalue weighted by atomic mass is 10.0. The first-order chi connectivity index (χ1) is 16.4. The van der Waals surface area contributed by atoms with Crippen LogP contribution in [0, 0.1) is 5.82 Å². The van der Waals surface area contributed by atoms with Gasteiger partial charge in [-0.25, -0.2) is 14.4 Å². The number of methoxy groups -OCH3 is 1. The summed E-state index contributed by atoms with van der Waals surface area (Å²) in [5, 5.41) is 7.37. The van der Waals surface area contributed by atoms with Crippen LogP contribution >= 0.6 is 0 Å². The predicted octanol–water partition coefficient (Wildman–Crippen LogP) is 2.46. The van der Waals surface area contributed by atoms with E-state index in [9.17, 15) is 9.18 Å². The molecule has 1 amide bonds. The molecule has 4 rings (SSSR count). The van der Waals surface area contributed by atoms with Crippen molar-refractivity contribution in [2.24, 2.45) is 0 Å². The Morgan fingerprint density at radius 2 is 2.00 bits per heavy atom. The van der Waals surface area contributed by atoms with E-state index < -0.39 is 0 Å². The van der Waals surface area contributed by atoms with Gasteiger partial charge in [0.15, 0.2) is 0 Å². The molecule has 34 heavy (non-hydrogen) atoms. The lowest BCUT2D eigenvalue weighted by Gasteiger charge is -2.40. The van der Waals surface area contributed by atoms with Gasteiger partial charge in [0.1, 0.15) is 5.82 Å². The van der Waals surface area contributed by atoms with Gasteiger partial charge < -0.3 is 14.8 Å². The van der Waals surface area contributed by atoms with Crippen molar-refractivity contribution in [3.8, 4) is 17.2 Å². The van der Waals surface area contributed by atoms with Crippen molar-refractivity contribution in [1.29, 1.82) is 0 Å². The molecule has 1 aliphatic rings. The summed E-state index contributed by atoms with van der Waals surface area (Å²) < 4.78 is 26.5. The summed E-state index contributed by atoms with van der Waals surface area (Å²) in [7, 11) is 1.54. The molecule has 0 spiro atoms. The minimum Gasteiger partial charge on any atom is -0.379 e. The minimum absolute atomic E-state index is 0.128. The van der Waals surface area contributed by atoms with Crippen LogP contribution < -0.4 is 5.32 Å². The number of carbonyl (C=O) groups excluding carboxylic acids is 1. The summed E-state index contributed by atoms with van der Waals surface area (Å²) >= 11 is 0. The van der Waals surface area contributed by atoms with Crippen LogP contribution in [0.15, 0.2) is 42.7 Å². The second kappa shape index (κ2) is 10.4. The van der Waals surface area contributed by atoms with Crippen LogP contribution in [0.2, 0.25) is 0 Å². The molecule has 3 aromatic rings. The highest BCUT2D eigenvalue weighted by Gasteiger charge is 2.29. The third-order valence-electron chi connectivity index (χ3n) is 5.93. The fraction of sp³-hybridized carbons (Fsp3) is 0.417. The first-order valence-corrected chi connectivity index (χ1v) is 11.2. The number of aromatic nitrogens is 4. The largest absolute Gasteiger partial charge is 0.379 e. The summed E-state index contributed by atoms with van der Waals surface area (Å²) in [5.74, 6) is -0.418. The number of rotatable bonds is 8. The van der Waals surface area contributed by atoms with E-state index in [1.54, 1.807) is 24.3 Å². The predicted molar refractivity (Wildman–Crippen MR) is 124 cm³/mol. The molecule has 1 aromatic carbocycles. The van der Waals surface area contributed by atoms with Crippen molar-refractivity contribution >= 4 is 5.91 Å². The molecule has 2 aromatic heterocycles. The van der Waals surface area contributed by atoms with E-state index in [0.717, 1.165) is 13.1 Å². The van der Waals surface area contributed by atoms with Gasteiger partial charge in [0.2, 0.25) is 0 Å². The lowest BCUT2D eigenvalue weighted by Crippen LogP contribution is -2.55. The van der Waals surface area contributed by atoms with Gasteiger partial charge in [0.05, 0.1) is 43.0 Å². The van der Waals surface area contributed by atoms with Crippen molar-refractivity contribution in [2.45, 2.75) is 26.0 Å². The molecule has 0 atom stereocenters. The molecular formula is C24H29FN6O3. The van der Waals surface area contributed by atoms with E-state index in [1.165, 1.54) is 30.3 Å². The fourth-order valence-electron chi connectivity index (χ4n) is 3.95. The average molecular weight is 469 g/mol. The normalized spacial score (nSPS) is 14.8. The molecule has 180 valence electrons. The van der Waals surface area contributed by atoms with Crippen molar-refractivity contribution in [3.63, 3.8) is 0 Å². The topological polar surface area (TPSA) is 94.4 Å². The van der Waals surface area contributed by atoms with Gasteiger partial charge >= 0.3 is 0 Å². The number of amides is 1. The molecule has 9 nitrogen and oxygen atoms in total. The van der Waals surface area contributed by atoms with Gasteiger partial charge in [-0.3, -0.25) is 9.69 Å². The molecule has 0 aliphatic carbocycles. The Morgan fingerprint density at radius 3 is 2.74 bits per heavy atom. The lowest BCUT2D eigenvalue weighted by molar-refractivity contribution is -0.00924. The van der Waals surface area contributed by atoms with E-state index >= 15 is 0 Å². The number of hydrogen-bond donors (Lipinski definition) is 1. The summed E-state index contributed by atoms with van der Waals surface area (Å²) in [5.41, 5.74) is 1.43. The SMILES string of the molecule is COCc1c(C(=O)NCC(C)(C)N2CCOCC2)cnn1-c1nccc(-c2ccccc2F)n1. The van der Waals surface area contributed by atoms with Crippen LogP contribution in [-0.4, -0.2) is 76.1 Å². The Morgan fingerprint density at radius 1 is 1.24 bits per heavy atom. The zero-order valence-corrected chi connectivity index (χ0v) is 19.6. The molecule has 0 saturated carbocycles. The van der Waals surface area contributed by atoms with Crippen molar-refractivity contribution in [3.05, 3.63) is 59.8 Å². The number of carbonyl (C=O) groups is 1. The number of nitrogens with zero attached hydrogens (tertiary/aromatic N) is 5. The molecule has 10 heteroatoms. The van der Waals surface area contributed by atoms with Crippen LogP contribution in [0.1, 0.15) is 29.9 Å². The second-order valence-electron chi connectivity index (χ2n) is 8.67. The molecule has 3 heterocycles. The van der Waals surface area contributed by atoms with Gasteiger partial charge in [-0.1, -0.05) is 12.1 Å². The van der Waals surface area contributed by atoms with E-state index in [2.05, 4.69) is 39.1 Å². The maximum atomic E-state index is 14.3. The Kier molecular flexibility index (Phi) is 7.30. The molecule has 0 bridgehead atoms. The first-order valence-electron chi connectivity index (χ1n) is 11.2. The smallest absolute Gasteiger partial charge is 0.254 e. The summed E-state index contributed by atoms with van der Waals surface area (Å²) in [6, 6.07) is 8.02. The summed E-state index contributed by atoms with van der Waals surface area (Å²) in [6.45, 7) is 7.81. The Labute approximate surface area is 197 Å². The van der Waals surface area contributed by atoms with E-state index in [1.807, 2.05) is 0 Å². The maximum Gasteiger partial charge on any atom is 0.254 e. The van der Waals surface area contributed by atoms with E-state index in [0.29, 0.717) is 42.3 Å². The van der Waals surface area contributed by atoms with Crippen LogP contribution in [0.5, 0.6) is 0 Å². The van der Waals surface area contributed by atoms with Crippen molar-refractivity contribution in [1.82, 2.24) is 30.0 Å². The monoisotopic (exact) mass is 468 g/mol. The van der Waals surface area contributed by atoms with Gasteiger partial charge in [0, 0.05) is 44.0 Å². The zero-order chi connectivity index (χ0) is 24.1. The summed E-state index contributed by atoms with van der Waals surface area (Å²) in [4.78, 5) is 24.2. The van der Waals surface area contributed by atoms with Crippen molar-refractivity contribution < 1.29 is 18.7 Å². The van der Waals surface area contributed by atoms with Gasteiger partial charge in [-0.2, -0.15) is 9.78 Å². The van der Waals surface area contributed by atoms with Crippen molar-refractivity contribution in [2.75, 3.05) is 40.0 Å². The highest BCUT2D eigenvalue weighted by Crippen LogP contribution is 2.22. The first kappa shape index (κ1) is 23.9. The molecular weight excluding hydrogens is 439 g/mol. The Hall–Kier alpha value is -3.21. The minimum atomic E-state index is -0.382. The fourth-order valence-corrected chi connectivity index (χ4v) is 3.95. The van der Waals surface area contributed by atoms with E-state index in [4.69, 9.17) is 9.47 Å². The number of morpholine rings is 1. The van der Waals surface area contributed by atoms with Crippen LogP contribution in [0.3, 0.4) is 0 Å². The maximum absolute atomic E-state index is 14.3. The van der Waals surface area contributed by atoms with Gasteiger partial charge in [-0.05, 0) is 32.0 Å². The highest BCUT2D eigenvalue weighted by molar-refractivity contribution is 5.95. The van der Waals surface area contributed by atoms with Gasteiger partial charge in [-0.15, -0.1) is 0 Å². The third-order valence-corrected chi connectivity index (χ3v) is 5.93. The Bertz CT molecular complexity index is 1140. The van der Waals surface area contributed by atoms with Crippen LogP contribution in [0.25, 0.3) is 17.2 Å². The number of halogens is 1. The molecule has 1 N–H and O–H groups in total. The quantitative estimate of drug-likeness (QED) is 0.543. The Balaban J connectivity index is 1.57.